The second-order valence-corrected chi connectivity index (χ2v) is 6.94. The number of ether oxygens (including phenoxy) is 1. The van der Waals surface area contributed by atoms with Crippen molar-refractivity contribution in [2.75, 3.05) is 5.32 Å². The van der Waals surface area contributed by atoms with Crippen molar-refractivity contribution < 1.29 is 32.3 Å². The van der Waals surface area contributed by atoms with Gasteiger partial charge >= 0.3 is 6.36 Å². The molecule has 0 saturated heterocycles. The normalized spacial score (nSPS) is 27.5. The molecule has 0 aliphatic heterocycles. The smallest absolute Gasteiger partial charge is 0.406 e. The number of benzene rings is 1. The monoisotopic (exact) mass is 355 g/mol. The van der Waals surface area contributed by atoms with Gasteiger partial charge in [0.25, 0.3) is 0 Å². The van der Waals surface area contributed by atoms with Crippen molar-refractivity contribution >= 4 is 23.2 Å². The van der Waals surface area contributed by atoms with Crippen molar-refractivity contribution in [2.45, 2.75) is 33.1 Å². The zero-order valence-corrected chi connectivity index (χ0v) is 13.6. The molecule has 3 rings (SSSR count). The van der Waals surface area contributed by atoms with Crippen LogP contribution in [0.25, 0.3) is 0 Å². The summed E-state index contributed by atoms with van der Waals surface area (Å²) in [5.41, 5.74) is -1.99. The number of amides is 1. The Morgan fingerprint density at radius 2 is 1.80 bits per heavy atom. The largest absolute Gasteiger partial charge is 0.573 e. The lowest BCUT2D eigenvalue weighted by molar-refractivity contribution is -0.274. The first-order chi connectivity index (χ1) is 11.5. The molecule has 0 aromatic heterocycles. The number of nitrogens with one attached hydrogen (secondary N) is 1. The number of ketones is 2. The van der Waals surface area contributed by atoms with Crippen LogP contribution in [0.15, 0.2) is 24.3 Å². The maximum atomic E-state index is 12.8. The molecular weight excluding hydrogens is 339 g/mol. The Balaban J connectivity index is 1.81. The number of halogens is 3. The summed E-state index contributed by atoms with van der Waals surface area (Å²) < 4.78 is 40.2. The van der Waals surface area contributed by atoms with Crippen LogP contribution >= 0.6 is 0 Å². The Hall–Kier alpha value is -2.38. The van der Waals surface area contributed by atoms with Gasteiger partial charge in [0, 0.05) is 11.6 Å². The first-order valence-corrected chi connectivity index (χ1v) is 7.75. The number of hydrogen-bond donors (Lipinski definition) is 1. The first-order valence-electron chi connectivity index (χ1n) is 7.75. The van der Waals surface area contributed by atoms with E-state index in [4.69, 9.17) is 0 Å². The molecule has 5 nitrogen and oxygen atoms in total. The van der Waals surface area contributed by atoms with Gasteiger partial charge in [-0.05, 0) is 42.5 Å². The number of fused-ring (bicyclic) bond motifs is 2. The topological polar surface area (TPSA) is 72.5 Å². The molecule has 25 heavy (non-hydrogen) atoms. The molecule has 0 spiro atoms. The molecular formula is C17H16F3NO4. The molecule has 2 aliphatic carbocycles. The van der Waals surface area contributed by atoms with E-state index in [9.17, 15) is 27.6 Å². The van der Waals surface area contributed by atoms with Crippen molar-refractivity contribution in [2.24, 2.45) is 16.7 Å². The van der Waals surface area contributed by atoms with Crippen LogP contribution in [0.5, 0.6) is 5.75 Å². The molecule has 2 aliphatic rings. The average molecular weight is 355 g/mol. The van der Waals surface area contributed by atoms with E-state index < -0.39 is 46.3 Å². The van der Waals surface area contributed by atoms with Gasteiger partial charge in [0.15, 0.2) is 0 Å². The summed E-state index contributed by atoms with van der Waals surface area (Å²) in [7, 11) is 0. The second kappa shape index (κ2) is 5.31. The summed E-state index contributed by atoms with van der Waals surface area (Å²) in [5.74, 6) is -2.67. The highest BCUT2D eigenvalue weighted by atomic mass is 19.4. The van der Waals surface area contributed by atoms with Gasteiger partial charge in [0.1, 0.15) is 11.2 Å². The highest BCUT2D eigenvalue weighted by Gasteiger charge is 2.72. The van der Waals surface area contributed by atoms with E-state index in [1.54, 1.807) is 13.8 Å². The van der Waals surface area contributed by atoms with Gasteiger partial charge < -0.3 is 10.1 Å². The number of Topliss-reactive ketones (excluding diaryl/α,β-unsaturated/α-hetero) is 2. The minimum Gasteiger partial charge on any atom is -0.406 e. The molecule has 1 amide bonds. The van der Waals surface area contributed by atoms with E-state index in [1.807, 2.05) is 0 Å². The Labute approximate surface area is 141 Å². The fourth-order valence-electron chi connectivity index (χ4n) is 4.06. The van der Waals surface area contributed by atoms with Crippen molar-refractivity contribution in [3.8, 4) is 5.75 Å². The zero-order chi connectivity index (χ0) is 18.6. The number of rotatable bonds is 3. The SMILES string of the molecule is CC1(C)[C@@H]2CC[C@]1(C(=O)Nc1ccc(OC(F)(F)F)cc1)C(=O)C2=O. The fourth-order valence-corrected chi connectivity index (χ4v) is 4.06. The third kappa shape index (κ3) is 2.51. The Kier molecular flexibility index (Phi) is 3.70. The molecule has 8 heteroatoms. The number of alkyl halides is 3. The third-order valence-corrected chi connectivity index (χ3v) is 5.44. The molecule has 1 aromatic rings. The number of carbonyl (C=O) groups is 3. The molecule has 0 radical (unpaired) electrons. The predicted octanol–water partition coefficient (Wildman–Crippen LogP) is 3.10. The lowest BCUT2D eigenvalue weighted by Gasteiger charge is -2.33. The number of carbonyl (C=O) groups excluding carboxylic acids is 3. The lowest BCUT2D eigenvalue weighted by Crippen LogP contribution is -2.47. The lowest BCUT2D eigenvalue weighted by atomic mass is 9.68. The molecule has 1 N–H and O–H groups in total. The molecule has 1 aromatic carbocycles. The van der Waals surface area contributed by atoms with Crippen LogP contribution in [0.1, 0.15) is 26.7 Å². The highest BCUT2D eigenvalue weighted by Crippen LogP contribution is 2.62. The molecule has 0 heterocycles. The first kappa shape index (κ1) is 17.4. The van der Waals surface area contributed by atoms with E-state index in [0.717, 1.165) is 12.1 Å². The molecule has 2 bridgehead atoms. The van der Waals surface area contributed by atoms with Crippen molar-refractivity contribution in [1.82, 2.24) is 0 Å². The van der Waals surface area contributed by atoms with E-state index in [1.165, 1.54) is 12.1 Å². The van der Waals surface area contributed by atoms with Crippen molar-refractivity contribution in [3.63, 3.8) is 0 Å². The molecule has 2 atom stereocenters. The van der Waals surface area contributed by atoms with Gasteiger partial charge in [0.2, 0.25) is 17.5 Å². The summed E-state index contributed by atoms with van der Waals surface area (Å²) in [6, 6.07) is 4.61. The number of hydrogen-bond acceptors (Lipinski definition) is 4. The van der Waals surface area contributed by atoms with E-state index in [0.29, 0.717) is 6.42 Å². The van der Waals surface area contributed by atoms with E-state index in [-0.39, 0.29) is 12.1 Å². The Bertz CT molecular complexity index is 754. The summed E-state index contributed by atoms with van der Waals surface area (Å²) in [4.78, 5) is 37.2. The van der Waals surface area contributed by atoms with Crippen LogP contribution in [0.4, 0.5) is 18.9 Å². The predicted molar refractivity (Wildman–Crippen MR) is 80.7 cm³/mol. The maximum absolute atomic E-state index is 12.8. The Morgan fingerprint density at radius 1 is 1.20 bits per heavy atom. The van der Waals surface area contributed by atoms with Crippen LogP contribution in [-0.4, -0.2) is 23.8 Å². The Morgan fingerprint density at radius 3 is 2.28 bits per heavy atom. The molecule has 2 saturated carbocycles. The summed E-state index contributed by atoms with van der Waals surface area (Å²) in [6.07, 6.45) is -4.04. The van der Waals surface area contributed by atoms with Gasteiger partial charge in [0.05, 0.1) is 0 Å². The van der Waals surface area contributed by atoms with Gasteiger partial charge in [-0.3, -0.25) is 14.4 Å². The summed E-state index contributed by atoms with van der Waals surface area (Å²) in [5, 5.41) is 2.55. The van der Waals surface area contributed by atoms with Crippen LogP contribution in [0, 0.1) is 16.7 Å². The van der Waals surface area contributed by atoms with Crippen LogP contribution < -0.4 is 10.1 Å². The van der Waals surface area contributed by atoms with Crippen molar-refractivity contribution in [3.05, 3.63) is 24.3 Å². The standard InChI is InChI=1S/C17H16F3NO4/c1-15(2)11-7-8-16(15,13(23)12(11)22)14(24)21-9-3-5-10(6-4-9)25-17(18,19)20/h3-6,11H,7-8H2,1-2H3,(H,21,24)/t11-,16-/m1/s1. The van der Waals surface area contributed by atoms with E-state index >= 15 is 0 Å². The van der Waals surface area contributed by atoms with Gasteiger partial charge in [-0.1, -0.05) is 13.8 Å². The summed E-state index contributed by atoms with van der Waals surface area (Å²) >= 11 is 0. The summed E-state index contributed by atoms with van der Waals surface area (Å²) in [6.45, 7) is 3.46. The molecule has 2 fully saturated rings. The molecule has 134 valence electrons. The quantitative estimate of drug-likeness (QED) is 0.668. The zero-order valence-electron chi connectivity index (χ0n) is 13.6. The third-order valence-electron chi connectivity index (χ3n) is 5.44. The average Bonchev–Trinajstić information content (AvgIpc) is 2.84. The fraction of sp³-hybridized carbons (Fsp3) is 0.471. The maximum Gasteiger partial charge on any atom is 0.573 e. The minimum absolute atomic E-state index is 0.222. The van der Waals surface area contributed by atoms with Crippen LogP contribution in [0.2, 0.25) is 0 Å². The van der Waals surface area contributed by atoms with Gasteiger partial charge in [-0.15, -0.1) is 13.2 Å². The van der Waals surface area contributed by atoms with Crippen LogP contribution in [0.3, 0.4) is 0 Å². The van der Waals surface area contributed by atoms with E-state index in [2.05, 4.69) is 10.1 Å². The number of anilines is 1. The van der Waals surface area contributed by atoms with Crippen LogP contribution in [-0.2, 0) is 14.4 Å². The van der Waals surface area contributed by atoms with Crippen molar-refractivity contribution in [1.29, 1.82) is 0 Å². The van der Waals surface area contributed by atoms with Gasteiger partial charge in [-0.25, -0.2) is 0 Å². The molecule has 0 unspecified atom stereocenters. The second-order valence-electron chi connectivity index (χ2n) is 6.94. The van der Waals surface area contributed by atoms with Gasteiger partial charge in [-0.2, -0.15) is 0 Å². The minimum atomic E-state index is -4.80. The highest BCUT2D eigenvalue weighted by molar-refractivity contribution is 6.48.